The van der Waals surface area contributed by atoms with Crippen LogP contribution in [0.15, 0.2) is 4.79 Å². The Morgan fingerprint density at radius 2 is 2.13 bits per heavy atom. The van der Waals surface area contributed by atoms with Crippen molar-refractivity contribution in [1.82, 2.24) is 20.1 Å². The summed E-state index contributed by atoms with van der Waals surface area (Å²) >= 11 is 0. The zero-order valence-corrected chi connectivity index (χ0v) is 8.70. The van der Waals surface area contributed by atoms with Crippen molar-refractivity contribution in [3.8, 4) is 0 Å². The lowest BCUT2D eigenvalue weighted by Crippen LogP contribution is -2.27. The summed E-state index contributed by atoms with van der Waals surface area (Å²) in [5.74, 6) is 0.826. The van der Waals surface area contributed by atoms with Crippen molar-refractivity contribution in [3.05, 3.63) is 16.3 Å². The van der Waals surface area contributed by atoms with Gasteiger partial charge >= 0.3 is 5.69 Å². The minimum absolute atomic E-state index is 0.0418. The van der Waals surface area contributed by atoms with Crippen molar-refractivity contribution < 1.29 is 0 Å². The molecule has 2 fully saturated rings. The fraction of sp³-hybridized carbons (Fsp3) is 0.800. The molecule has 1 aliphatic carbocycles. The Morgan fingerprint density at radius 3 is 2.80 bits per heavy atom. The van der Waals surface area contributed by atoms with Crippen molar-refractivity contribution in [2.45, 2.75) is 44.2 Å². The number of hydrogen-bond donors (Lipinski definition) is 2. The molecule has 1 unspecified atom stereocenters. The summed E-state index contributed by atoms with van der Waals surface area (Å²) in [6.45, 7) is 1.03. The van der Waals surface area contributed by atoms with Gasteiger partial charge in [-0.1, -0.05) is 6.42 Å². The van der Waals surface area contributed by atoms with E-state index in [4.69, 9.17) is 0 Å². The Hall–Kier alpha value is -1.10. The Labute approximate surface area is 87.9 Å². The molecule has 0 radical (unpaired) electrons. The number of H-pyrrole nitrogens is 1. The molecule has 2 heterocycles. The number of aromatic nitrogens is 3. The number of rotatable bonds is 2. The molecule has 2 aliphatic rings. The summed E-state index contributed by atoms with van der Waals surface area (Å²) in [5, 5.41) is 7.77. The van der Waals surface area contributed by atoms with E-state index in [1.54, 1.807) is 4.68 Å². The summed E-state index contributed by atoms with van der Waals surface area (Å²) in [4.78, 5) is 14.5. The Balaban J connectivity index is 1.84. The summed E-state index contributed by atoms with van der Waals surface area (Å²) in [7, 11) is 0. The second-order valence-corrected chi connectivity index (χ2v) is 4.49. The highest BCUT2D eigenvalue weighted by Gasteiger charge is 2.28. The third kappa shape index (κ3) is 1.71. The Kier molecular flexibility index (Phi) is 2.12. The van der Waals surface area contributed by atoms with Gasteiger partial charge in [-0.05, 0) is 32.2 Å². The molecule has 1 aromatic rings. The monoisotopic (exact) mass is 208 g/mol. The topological polar surface area (TPSA) is 62.7 Å². The van der Waals surface area contributed by atoms with Crippen molar-refractivity contribution in [2.75, 3.05) is 6.54 Å². The largest absolute Gasteiger partial charge is 0.343 e. The van der Waals surface area contributed by atoms with Crippen LogP contribution in [0.2, 0.25) is 0 Å². The number of piperidine rings is 1. The number of nitrogens with one attached hydrogen (secondary N) is 2. The Morgan fingerprint density at radius 1 is 1.27 bits per heavy atom. The van der Waals surface area contributed by atoms with E-state index in [1.807, 2.05) is 0 Å². The molecule has 1 saturated carbocycles. The van der Waals surface area contributed by atoms with Gasteiger partial charge in [0, 0.05) is 0 Å². The first-order valence-electron chi connectivity index (χ1n) is 5.77. The van der Waals surface area contributed by atoms with Crippen LogP contribution < -0.4 is 11.0 Å². The summed E-state index contributed by atoms with van der Waals surface area (Å²) in [5.41, 5.74) is -0.0418. The quantitative estimate of drug-likeness (QED) is 0.752. The minimum Gasteiger partial charge on any atom is -0.307 e. The van der Waals surface area contributed by atoms with Crippen LogP contribution in [0.4, 0.5) is 0 Å². The predicted molar refractivity (Wildman–Crippen MR) is 55.7 cm³/mol. The zero-order valence-electron chi connectivity index (χ0n) is 8.70. The molecule has 1 saturated heterocycles. The molecule has 5 nitrogen and oxygen atoms in total. The van der Waals surface area contributed by atoms with Crippen molar-refractivity contribution >= 4 is 0 Å². The van der Waals surface area contributed by atoms with Gasteiger partial charge < -0.3 is 5.32 Å². The molecule has 0 spiro atoms. The Bertz CT molecular complexity index is 398. The van der Waals surface area contributed by atoms with Gasteiger partial charge in [-0.3, -0.25) is 4.98 Å². The molecule has 0 aromatic carbocycles. The smallest absolute Gasteiger partial charge is 0.307 e. The van der Waals surface area contributed by atoms with Crippen LogP contribution in [0.3, 0.4) is 0 Å². The average Bonchev–Trinajstić information content (AvgIpc) is 3.04. The second kappa shape index (κ2) is 3.48. The van der Waals surface area contributed by atoms with Crippen LogP contribution in [0.25, 0.3) is 0 Å². The molecule has 5 heteroatoms. The van der Waals surface area contributed by atoms with E-state index in [0.29, 0.717) is 6.04 Å². The van der Waals surface area contributed by atoms with E-state index in [9.17, 15) is 4.79 Å². The number of hydrogen-bond acceptors (Lipinski definition) is 3. The molecule has 15 heavy (non-hydrogen) atoms. The van der Waals surface area contributed by atoms with Crippen LogP contribution in [-0.4, -0.2) is 21.3 Å². The van der Waals surface area contributed by atoms with Gasteiger partial charge in [-0.2, -0.15) is 5.10 Å². The van der Waals surface area contributed by atoms with Gasteiger partial charge in [0.2, 0.25) is 0 Å². The molecule has 0 bridgehead atoms. The summed E-state index contributed by atoms with van der Waals surface area (Å²) in [6.07, 6.45) is 5.72. The number of aromatic amines is 1. The molecule has 1 atom stereocenters. The van der Waals surface area contributed by atoms with Gasteiger partial charge in [0.1, 0.15) is 5.82 Å². The fourth-order valence-electron chi connectivity index (χ4n) is 2.16. The molecule has 82 valence electrons. The van der Waals surface area contributed by atoms with Crippen LogP contribution >= 0.6 is 0 Å². The molecular weight excluding hydrogens is 192 g/mol. The van der Waals surface area contributed by atoms with Gasteiger partial charge in [0.05, 0.1) is 12.1 Å². The fourth-order valence-corrected chi connectivity index (χ4v) is 2.16. The molecule has 3 rings (SSSR count). The number of nitrogens with zero attached hydrogens (tertiary/aromatic N) is 2. The van der Waals surface area contributed by atoms with Crippen molar-refractivity contribution in [3.63, 3.8) is 0 Å². The predicted octanol–water partition coefficient (Wildman–Crippen LogP) is 0.721. The highest BCUT2D eigenvalue weighted by atomic mass is 16.2. The van der Waals surface area contributed by atoms with E-state index in [0.717, 1.165) is 31.6 Å². The van der Waals surface area contributed by atoms with Crippen molar-refractivity contribution in [2.24, 2.45) is 0 Å². The summed E-state index contributed by atoms with van der Waals surface area (Å²) in [6, 6.07) is 0.623. The molecule has 1 aliphatic heterocycles. The van der Waals surface area contributed by atoms with E-state index in [1.165, 1.54) is 12.8 Å². The van der Waals surface area contributed by atoms with E-state index in [2.05, 4.69) is 15.4 Å². The molecule has 2 N–H and O–H groups in total. The van der Waals surface area contributed by atoms with Crippen molar-refractivity contribution in [1.29, 1.82) is 0 Å². The first kappa shape index (κ1) is 9.15. The lowest BCUT2D eigenvalue weighted by Gasteiger charge is -2.20. The van der Waals surface area contributed by atoms with Gasteiger partial charge in [0.15, 0.2) is 0 Å². The average molecular weight is 208 g/mol. The van der Waals surface area contributed by atoms with E-state index >= 15 is 0 Å². The maximum atomic E-state index is 11.6. The van der Waals surface area contributed by atoms with Gasteiger partial charge in [0.25, 0.3) is 0 Å². The van der Waals surface area contributed by atoms with Gasteiger partial charge in [-0.15, -0.1) is 0 Å². The third-order valence-corrected chi connectivity index (χ3v) is 3.19. The maximum Gasteiger partial charge on any atom is 0.343 e. The standard InChI is InChI=1S/C10H16N4O/c15-10-12-9(8-3-1-2-6-11-8)13-14(10)7-4-5-7/h7-8,11H,1-6H2,(H,12,13,15). The highest BCUT2D eigenvalue weighted by Crippen LogP contribution is 2.33. The van der Waals surface area contributed by atoms with Crippen LogP contribution in [-0.2, 0) is 0 Å². The molecule has 1 aromatic heterocycles. The third-order valence-electron chi connectivity index (χ3n) is 3.19. The minimum atomic E-state index is -0.0418. The molecular formula is C10H16N4O. The lowest BCUT2D eigenvalue weighted by atomic mass is 10.0. The summed E-state index contributed by atoms with van der Waals surface area (Å²) < 4.78 is 1.62. The highest BCUT2D eigenvalue weighted by molar-refractivity contribution is 4.96. The molecule has 0 amide bonds. The maximum absolute atomic E-state index is 11.6. The van der Waals surface area contributed by atoms with E-state index in [-0.39, 0.29) is 11.7 Å². The normalized spacial score (nSPS) is 26.8. The first-order valence-corrected chi connectivity index (χ1v) is 5.77. The van der Waals surface area contributed by atoms with Crippen LogP contribution in [0.1, 0.15) is 50.0 Å². The zero-order chi connectivity index (χ0) is 10.3. The van der Waals surface area contributed by atoms with E-state index < -0.39 is 0 Å². The first-order chi connectivity index (χ1) is 7.34. The van der Waals surface area contributed by atoms with Crippen LogP contribution in [0, 0.1) is 0 Å². The van der Waals surface area contributed by atoms with Gasteiger partial charge in [-0.25, -0.2) is 9.48 Å². The SMILES string of the molecule is O=c1[nH]c(C2CCCCN2)nn1C1CC1. The van der Waals surface area contributed by atoms with Crippen LogP contribution in [0.5, 0.6) is 0 Å². The lowest BCUT2D eigenvalue weighted by molar-refractivity contribution is 0.395. The second-order valence-electron chi connectivity index (χ2n) is 4.49.